The Labute approximate surface area is 173 Å². The largest absolute Gasteiger partial charge is 0.508 e. The number of ether oxygens (including phenoxy) is 1. The van der Waals surface area contributed by atoms with Crippen molar-refractivity contribution in [2.45, 2.75) is 6.92 Å². The van der Waals surface area contributed by atoms with E-state index in [1.807, 2.05) is 22.6 Å². The maximum atomic E-state index is 12.8. The molecule has 3 rings (SSSR count). The Bertz CT molecular complexity index is 1000. The molecule has 8 nitrogen and oxygen atoms in total. The van der Waals surface area contributed by atoms with Gasteiger partial charge in [0.25, 0.3) is 11.8 Å². The van der Waals surface area contributed by atoms with E-state index in [0.717, 1.165) is 4.90 Å². The third kappa shape index (κ3) is 3.79. The second kappa shape index (κ2) is 7.89. The predicted molar refractivity (Wildman–Crippen MR) is 109 cm³/mol. The van der Waals surface area contributed by atoms with E-state index in [2.05, 4.69) is 5.32 Å². The summed E-state index contributed by atoms with van der Waals surface area (Å²) < 4.78 is 5.84. The van der Waals surface area contributed by atoms with Gasteiger partial charge in [0.2, 0.25) is 0 Å². The second-order valence-electron chi connectivity index (χ2n) is 5.76. The van der Waals surface area contributed by atoms with E-state index in [-0.39, 0.29) is 28.5 Å². The molecule has 0 unspecified atom stereocenters. The highest BCUT2D eigenvalue weighted by molar-refractivity contribution is 14.1. The number of carbonyl (C=O) groups is 3. The summed E-state index contributed by atoms with van der Waals surface area (Å²) in [6.45, 7) is 2.09. The number of nitrogens with zero attached hydrogens (tertiary/aromatic N) is 1. The van der Waals surface area contributed by atoms with Crippen molar-refractivity contribution in [3.63, 3.8) is 0 Å². The molecule has 0 bridgehead atoms. The molecule has 0 aliphatic carbocycles. The molecule has 0 aromatic heterocycles. The zero-order chi connectivity index (χ0) is 20.4. The van der Waals surface area contributed by atoms with Gasteiger partial charge < -0.3 is 14.9 Å². The molecule has 0 saturated carbocycles. The predicted octanol–water partition coefficient (Wildman–Crippen LogP) is 2.77. The molecule has 2 aromatic carbocycles. The maximum absolute atomic E-state index is 12.8. The fourth-order valence-corrected chi connectivity index (χ4v) is 3.23. The van der Waals surface area contributed by atoms with Crippen molar-refractivity contribution in [2.24, 2.45) is 0 Å². The van der Waals surface area contributed by atoms with Crippen molar-refractivity contribution in [2.75, 3.05) is 11.5 Å². The van der Waals surface area contributed by atoms with Gasteiger partial charge in [-0.3, -0.25) is 14.9 Å². The molecule has 1 aliphatic heterocycles. The maximum Gasteiger partial charge on any atom is 0.335 e. The van der Waals surface area contributed by atoms with Gasteiger partial charge in [-0.2, -0.15) is 0 Å². The Kier molecular flexibility index (Phi) is 5.54. The van der Waals surface area contributed by atoms with Gasteiger partial charge >= 0.3 is 6.03 Å². The highest BCUT2D eigenvalue weighted by atomic mass is 127. The molecular formula is C19H15IN2O6. The Morgan fingerprint density at radius 2 is 1.82 bits per heavy atom. The number of phenolic OH excluding ortho intramolecular Hbond substituents is 2. The number of aromatic hydroxyl groups is 2. The molecule has 0 radical (unpaired) electrons. The van der Waals surface area contributed by atoms with Crippen molar-refractivity contribution >= 4 is 52.2 Å². The van der Waals surface area contributed by atoms with Crippen molar-refractivity contribution < 1.29 is 29.3 Å². The lowest BCUT2D eigenvalue weighted by atomic mass is 10.1. The summed E-state index contributed by atoms with van der Waals surface area (Å²) in [5.41, 5.74) is 0.398. The monoisotopic (exact) mass is 494 g/mol. The average molecular weight is 494 g/mol. The molecule has 3 N–H and O–H groups in total. The fourth-order valence-electron chi connectivity index (χ4n) is 2.60. The summed E-state index contributed by atoms with van der Waals surface area (Å²) in [6, 6.07) is 7.61. The van der Waals surface area contributed by atoms with Gasteiger partial charge in [-0.15, -0.1) is 0 Å². The van der Waals surface area contributed by atoms with Crippen LogP contribution in [0, 0.1) is 3.57 Å². The van der Waals surface area contributed by atoms with Crippen molar-refractivity contribution in [3.05, 3.63) is 51.1 Å². The lowest BCUT2D eigenvalue weighted by Crippen LogP contribution is -2.54. The number of hydrogen-bond acceptors (Lipinski definition) is 6. The summed E-state index contributed by atoms with van der Waals surface area (Å²) in [6.07, 6.45) is 1.32. The Balaban J connectivity index is 2.03. The molecule has 9 heteroatoms. The van der Waals surface area contributed by atoms with Gasteiger partial charge in [0.05, 0.1) is 15.9 Å². The minimum absolute atomic E-state index is 0.0254. The molecule has 1 saturated heterocycles. The highest BCUT2D eigenvalue weighted by Crippen LogP contribution is 2.34. The highest BCUT2D eigenvalue weighted by Gasteiger charge is 2.36. The average Bonchev–Trinajstić information content (AvgIpc) is 2.64. The first-order valence-electron chi connectivity index (χ1n) is 8.17. The number of benzene rings is 2. The lowest BCUT2D eigenvalue weighted by Gasteiger charge is -2.26. The first-order chi connectivity index (χ1) is 13.3. The van der Waals surface area contributed by atoms with Crippen LogP contribution in [0.25, 0.3) is 6.08 Å². The van der Waals surface area contributed by atoms with Crippen LogP contribution in [0.15, 0.2) is 42.0 Å². The Morgan fingerprint density at radius 1 is 1.14 bits per heavy atom. The number of hydrogen-bond donors (Lipinski definition) is 3. The third-order valence-corrected chi connectivity index (χ3v) is 4.69. The molecule has 2 aromatic rings. The zero-order valence-corrected chi connectivity index (χ0v) is 16.8. The van der Waals surface area contributed by atoms with Gasteiger partial charge in [0.15, 0.2) is 11.5 Å². The van der Waals surface area contributed by atoms with Crippen LogP contribution in [0.1, 0.15) is 12.5 Å². The van der Waals surface area contributed by atoms with E-state index >= 15 is 0 Å². The van der Waals surface area contributed by atoms with Gasteiger partial charge in [0, 0.05) is 0 Å². The number of urea groups is 1. The molecule has 1 fully saturated rings. The number of rotatable bonds is 4. The lowest BCUT2D eigenvalue weighted by molar-refractivity contribution is -0.122. The van der Waals surface area contributed by atoms with E-state index in [1.54, 1.807) is 13.0 Å². The topological polar surface area (TPSA) is 116 Å². The minimum atomic E-state index is -0.881. The molecule has 0 atom stereocenters. The summed E-state index contributed by atoms with van der Waals surface area (Å²) >= 11 is 1.91. The van der Waals surface area contributed by atoms with E-state index in [0.29, 0.717) is 15.7 Å². The van der Waals surface area contributed by atoms with Gasteiger partial charge in [-0.25, -0.2) is 9.69 Å². The van der Waals surface area contributed by atoms with Crippen LogP contribution >= 0.6 is 22.6 Å². The number of carbonyl (C=O) groups excluding carboxylic acids is 3. The smallest absolute Gasteiger partial charge is 0.335 e. The number of halogens is 1. The van der Waals surface area contributed by atoms with Crippen LogP contribution in [0.5, 0.6) is 17.2 Å². The normalized spacial score (nSPS) is 15.7. The zero-order valence-electron chi connectivity index (χ0n) is 14.6. The van der Waals surface area contributed by atoms with Gasteiger partial charge in [0.1, 0.15) is 11.3 Å². The van der Waals surface area contributed by atoms with Crippen LogP contribution in [0.2, 0.25) is 0 Å². The molecule has 4 amide bonds. The molecule has 0 spiro atoms. The van der Waals surface area contributed by atoms with Crippen molar-refractivity contribution in [1.29, 1.82) is 0 Å². The number of imide groups is 2. The quantitative estimate of drug-likeness (QED) is 0.342. The molecule has 144 valence electrons. The number of phenols is 2. The SMILES string of the molecule is CCOc1cc(/C=C2/C(=O)NC(=O)N(c3ccc(O)cc3)C2=O)cc(I)c1O. The number of barbiturate groups is 1. The second-order valence-corrected chi connectivity index (χ2v) is 6.92. The number of nitrogens with one attached hydrogen (secondary N) is 1. The molecule has 28 heavy (non-hydrogen) atoms. The first kappa shape index (κ1) is 19.7. The van der Waals surface area contributed by atoms with Crippen molar-refractivity contribution in [3.8, 4) is 17.2 Å². The first-order valence-corrected chi connectivity index (χ1v) is 9.25. The fraction of sp³-hybridized carbons (Fsp3) is 0.105. The third-order valence-electron chi connectivity index (χ3n) is 3.87. The van der Waals surface area contributed by atoms with Gasteiger partial charge in [-0.05, 0) is 77.6 Å². The van der Waals surface area contributed by atoms with E-state index in [9.17, 15) is 24.6 Å². The minimum Gasteiger partial charge on any atom is -0.508 e. The summed E-state index contributed by atoms with van der Waals surface area (Å²) in [7, 11) is 0. The summed E-state index contributed by atoms with van der Waals surface area (Å²) in [5, 5.41) is 21.6. The van der Waals surface area contributed by atoms with E-state index in [1.165, 1.54) is 36.4 Å². The van der Waals surface area contributed by atoms with Crippen LogP contribution in [0.4, 0.5) is 10.5 Å². The van der Waals surface area contributed by atoms with Gasteiger partial charge in [-0.1, -0.05) is 0 Å². The Morgan fingerprint density at radius 3 is 2.46 bits per heavy atom. The molecular weight excluding hydrogens is 479 g/mol. The summed E-state index contributed by atoms with van der Waals surface area (Å²) in [4.78, 5) is 38.0. The molecule has 1 aliphatic rings. The van der Waals surface area contributed by atoms with E-state index < -0.39 is 17.8 Å². The van der Waals surface area contributed by atoms with Crippen LogP contribution < -0.4 is 15.0 Å². The Hall–Kier alpha value is -3.08. The molecule has 1 heterocycles. The van der Waals surface area contributed by atoms with Crippen LogP contribution in [-0.4, -0.2) is 34.7 Å². The number of amides is 4. The number of anilines is 1. The van der Waals surface area contributed by atoms with Crippen LogP contribution in [0.3, 0.4) is 0 Å². The van der Waals surface area contributed by atoms with Crippen LogP contribution in [-0.2, 0) is 9.59 Å². The van der Waals surface area contributed by atoms with Crippen molar-refractivity contribution in [1.82, 2.24) is 5.32 Å². The van der Waals surface area contributed by atoms with E-state index in [4.69, 9.17) is 4.74 Å². The standard InChI is InChI=1S/C19H15IN2O6/c1-2-28-15-9-10(8-14(20)16(15)24)7-13-17(25)21-19(27)22(18(13)26)11-3-5-12(23)6-4-11/h3-9,23-24H,2H2,1H3,(H,21,25,27)/b13-7-. The summed E-state index contributed by atoms with van der Waals surface area (Å²) in [5.74, 6) is -1.48.